The number of carbonyl (C=O) groups excluding carboxylic acids is 2. The zero-order chi connectivity index (χ0) is 18.4. The third-order valence-electron chi connectivity index (χ3n) is 3.02. The summed E-state index contributed by atoms with van der Waals surface area (Å²) in [6.45, 7) is 1.17. The Morgan fingerprint density at radius 1 is 1.32 bits per heavy atom. The van der Waals surface area contributed by atoms with Crippen molar-refractivity contribution in [2.45, 2.75) is 13.3 Å². The van der Waals surface area contributed by atoms with E-state index in [2.05, 4.69) is 10.2 Å². The normalized spacial score (nSPS) is 10.3. The molecule has 0 unspecified atom stereocenters. The highest BCUT2D eigenvalue weighted by Crippen LogP contribution is 2.20. The van der Waals surface area contributed by atoms with Crippen molar-refractivity contribution in [2.24, 2.45) is 0 Å². The van der Waals surface area contributed by atoms with Crippen LogP contribution in [0.1, 0.15) is 23.7 Å². The van der Waals surface area contributed by atoms with Gasteiger partial charge in [0, 0.05) is 24.9 Å². The molecule has 2 aromatic rings. The largest absolute Gasteiger partial charge is 0.427 e. The fraction of sp³-hybridized carbons (Fsp3) is 0.267. The first kappa shape index (κ1) is 17.9. The van der Waals surface area contributed by atoms with Gasteiger partial charge < -0.3 is 19.3 Å². The number of amides is 1. The summed E-state index contributed by atoms with van der Waals surface area (Å²) in [6.07, 6.45) is 0.206. The van der Waals surface area contributed by atoms with Crippen LogP contribution in [0.3, 0.4) is 0 Å². The Morgan fingerprint density at radius 2 is 2.08 bits per heavy atom. The van der Waals surface area contributed by atoms with Gasteiger partial charge in [0.15, 0.2) is 0 Å². The molecule has 2 rings (SSSR count). The fourth-order valence-corrected chi connectivity index (χ4v) is 1.99. The lowest BCUT2D eigenvalue weighted by Gasteiger charge is -2.06. The molecule has 1 amide bonds. The van der Waals surface area contributed by atoms with Crippen LogP contribution in [0.25, 0.3) is 11.0 Å². The van der Waals surface area contributed by atoms with E-state index in [4.69, 9.17) is 9.15 Å². The van der Waals surface area contributed by atoms with E-state index in [0.29, 0.717) is 5.39 Å². The third kappa shape index (κ3) is 5.03. The first-order valence-electron chi connectivity index (χ1n) is 7.18. The van der Waals surface area contributed by atoms with Gasteiger partial charge in [-0.15, -0.1) is 10.1 Å². The highest BCUT2D eigenvalue weighted by atomic mass is 16.9. The first-order valence-corrected chi connectivity index (χ1v) is 7.18. The van der Waals surface area contributed by atoms with E-state index in [1.165, 1.54) is 31.2 Å². The van der Waals surface area contributed by atoms with Gasteiger partial charge in [0.05, 0.1) is 6.61 Å². The second kappa shape index (κ2) is 7.90. The molecule has 0 saturated carbocycles. The number of benzene rings is 1. The van der Waals surface area contributed by atoms with Crippen molar-refractivity contribution in [3.05, 3.63) is 50.4 Å². The summed E-state index contributed by atoms with van der Waals surface area (Å²) in [5, 5.41) is 12.0. The molecule has 0 aliphatic carbocycles. The summed E-state index contributed by atoms with van der Waals surface area (Å²) in [4.78, 5) is 49.0. The zero-order valence-corrected chi connectivity index (χ0v) is 13.1. The van der Waals surface area contributed by atoms with Crippen LogP contribution >= 0.6 is 0 Å². The van der Waals surface area contributed by atoms with Crippen LogP contribution < -0.4 is 15.7 Å². The summed E-state index contributed by atoms with van der Waals surface area (Å²) in [7, 11) is 0. The monoisotopic (exact) mass is 350 g/mol. The van der Waals surface area contributed by atoms with E-state index in [0.717, 1.165) is 0 Å². The van der Waals surface area contributed by atoms with Crippen LogP contribution in [0.5, 0.6) is 5.75 Å². The summed E-state index contributed by atoms with van der Waals surface area (Å²) in [5.74, 6) is -0.967. The minimum Gasteiger partial charge on any atom is -0.427 e. The summed E-state index contributed by atoms with van der Waals surface area (Å²) >= 11 is 0. The molecular formula is C15H14N2O8. The van der Waals surface area contributed by atoms with Gasteiger partial charge in [-0.05, 0) is 24.6 Å². The molecule has 0 fully saturated rings. The highest BCUT2D eigenvalue weighted by Gasteiger charge is 2.14. The van der Waals surface area contributed by atoms with Crippen LogP contribution in [-0.2, 0) is 9.63 Å². The van der Waals surface area contributed by atoms with E-state index in [1.807, 2.05) is 0 Å². The van der Waals surface area contributed by atoms with Crippen LogP contribution in [0.4, 0.5) is 0 Å². The molecule has 0 atom stereocenters. The van der Waals surface area contributed by atoms with Crippen molar-refractivity contribution in [3.8, 4) is 5.75 Å². The Morgan fingerprint density at radius 3 is 2.76 bits per heavy atom. The lowest BCUT2D eigenvalue weighted by atomic mass is 10.1. The van der Waals surface area contributed by atoms with Crippen molar-refractivity contribution in [1.29, 1.82) is 0 Å². The van der Waals surface area contributed by atoms with Crippen LogP contribution in [0.15, 0.2) is 33.5 Å². The van der Waals surface area contributed by atoms with Gasteiger partial charge in [0.25, 0.3) is 11.0 Å². The molecule has 0 spiro atoms. The molecule has 1 aromatic carbocycles. The number of nitrogens with one attached hydrogen (secondary N) is 1. The second-order valence-electron chi connectivity index (χ2n) is 4.91. The predicted molar refractivity (Wildman–Crippen MR) is 83.7 cm³/mol. The summed E-state index contributed by atoms with van der Waals surface area (Å²) in [6, 6.07) is 5.76. The smallest absolute Gasteiger partial charge is 0.349 e. The minimum absolute atomic E-state index is 0.0928. The topological polar surface area (TPSA) is 138 Å². The maximum Gasteiger partial charge on any atom is 0.349 e. The number of fused-ring (bicyclic) bond motifs is 1. The molecule has 1 aromatic heterocycles. The maximum atomic E-state index is 12.0. The van der Waals surface area contributed by atoms with Crippen LogP contribution in [0.2, 0.25) is 0 Å². The average Bonchev–Trinajstić information content (AvgIpc) is 2.52. The third-order valence-corrected chi connectivity index (χ3v) is 3.02. The molecule has 25 heavy (non-hydrogen) atoms. The lowest BCUT2D eigenvalue weighted by Crippen LogP contribution is -2.29. The Bertz CT molecular complexity index is 873. The van der Waals surface area contributed by atoms with Crippen molar-refractivity contribution in [3.63, 3.8) is 0 Å². The molecule has 0 aliphatic heterocycles. The molecule has 10 heteroatoms. The SMILES string of the molecule is CC(=O)Oc1ccc2cc(C(=O)NCCCO[N+](=O)[O-])c(=O)oc2c1. The quantitative estimate of drug-likeness (QED) is 0.195. The van der Waals surface area contributed by atoms with Gasteiger partial charge in [0.2, 0.25) is 0 Å². The van der Waals surface area contributed by atoms with E-state index < -0.39 is 22.6 Å². The fourth-order valence-electron chi connectivity index (χ4n) is 1.99. The number of esters is 1. The maximum absolute atomic E-state index is 12.0. The number of hydrogen-bond acceptors (Lipinski definition) is 8. The Labute approximate surface area is 140 Å². The average molecular weight is 350 g/mol. The van der Waals surface area contributed by atoms with E-state index in [9.17, 15) is 24.5 Å². The summed E-state index contributed by atoms with van der Waals surface area (Å²) in [5.41, 5.74) is -0.894. The van der Waals surface area contributed by atoms with E-state index >= 15 is 0 Å². The van der Waals surface area contributed by atoms with Gasteiger partial charge in [0.1, 0.15) is 16.9 Å². The number of hydrogen-bond donors (Lipinski definition) is 1. The molecule has 10 nitrogen and oxygen atoms in total. The van der Waals surface area contributed by atoms with Gasteiger partial charge in [-0.3, -0.25) is 9.59 Å². The molecular weight excluding hydrogens is 336 g/mol. The molecule has 0 bridgehead atoms. The predicted octanol–water partition coefficient (Wildman–Crippen LogP) is 1.05. The molecule has 1 N–H and O–H groups in total. The number of rotatable bonds is 7. The van der Waals surface area contributed by atoms with Crippen molar-refractivity contribution in [1.82, 2.24) is 5.32 Å². The second-order valence-corrected chi connectivity index (χ2v) is 4.91. The number of carbonyl (C=O) groups is 2. The number of nitrogens with zero attached hydrogens (tertiary/aromatic N) is 1. The Kier molecular flexibility index (Phi) is 5.66. The van der Waals surface area contributed by atoms with Gasteiger partial charge in [-0.1, -0.05) is 0 Å². The molecule has 1 heterocycles. The van der Waals surface area contributed by atoms with Gasteiger partial charge in [-0.25, -0.2) is 4.79 Å². The van der Waals surface area contributed by atoms with Crippen molar-refractivity contribution >= 4 is 22.8 Å². The van der Waals surface area contributed by atoms with Crippen LogP contribution in [-0.4, -0.2) is 30.1 Å². The van der Waals surface area contributed by atoms with Crippen LogP contribution in [0, 0.1) is 10.1 Å². The Balaban J connectivity index is 2.09. The number of ether oxygens (including phenoxy) is 1. The molecule has 0 radical (unpaired) electrons. The van der Waals surface area contributed by atoms with Gasteiger partial charge in [-0.2, -0.15) is 0 Å². The minimum atomic E-state index is -0.927. The highest BCUT2D eigenvalue weighted by molar-refractivity contribution is 5.96. The van der Waals surface area contributed by atoms with Gasteiger partial charge >= 0.3 is 11.6 Å². The summed E-state index contributed by atoms with van der Waals surface area (Å²) < 4.78 is 9.97. The molecule has 0 aliphatic rings. The molecule has 132 valence electrons. The van der Waals surface area contributed by atoms with Crippen molar-refractivity contribution in [2.75, 3.05) is 13.2 Å². The standard InChI is InChI=1S/C15H14N2O8/c1-9(18)24-11-4-3-10-7-12(15(20)25-13(10)8-11)14(19)16-5-2-6-23-17(21)22/h3-4,7-8H,2,5-6H2,1H3,(H,16,19). The first-order chi connectivity index (χ1) is 11.9. The van der Waals surface area contributed by atoms with E-state index in [-0.39, 0.29) is 36.5 Å². The molecule has 0 saturated heterocycles. The van der Waals surface area contributed by atoms with E-state index in [1.54, 1.807) is 0 Å². The Hall–Kier alpha value is -3.43. The zero-order valence-electron chi connectivity index (χ0n) is 13.1. The van der Waals surface area contributed by atoms with Crippen molar-refractivity contribution < 1.29 is 28.7 Å². The lowest BCUT2D eigenvalue weighted by molar-refractivity contribution is -0.757.